The topological polar surface area (TPSA) is 137 Å². The molecule has 2 saturated heterocycles. The number of ether oxygens (including phenoxy) is 1. The van der Waals surface area contributed by atoms with Gasteiger partial charge in [-0.1, -0.05) is 0 Å². The first-order chi connectivity index (χ1) is 24.8. The van der Waals surface area contributed by atoms with E-state index in [9.17, 15) is 18.4 Å². The predicted molar refractivity (Wildman–Crippen MR) is 188 cm³/mol. The van der Waals surface area contributed by atoms with Gasteiger partial charge in [0.25, 0.3) is 0 Å². The van der Waals surface area contributed by atoms with Gasteiger partial charge in [-0.3, -0.25) is 19.0 Å². The van der Waals surface area contributed by atoms with Crippen molar-refractivity contribution in [2.75, 3.05) is 46.5 Å². The number of amides is 2. The number of aromatic nitrogens is 6. The summed E-state index contributed by atoms with van der Waals surface area (Å²) in [5.74, 6) is -0.694. The van der Waals surface area contributed by atoms with E-state index >= 15 is 0 Å². The number of carbonyl (C=O) groups excluding carboxylic acids is 2. The molecule has 2 amide bonds. The highest BCUT2D eigenvalue weighted by Crippen LogP contribution is 2.32. The minimum Gasteiger partial charge on any atom is -0.387 e. The van der Waals surface area contributed by atoms with Gasteiger partial charge in [0.05, 0.1) is 24.5 Å². The number of aromatic amines is 2. The number of aliphatic hydroxyl groups is 1. The fourth-order valence-electron chi connectivity index (χ4n) is 7.10. The second-order valence-electron chi connectivity index (χ2n) is 13.0. The van der Waals surface area contributed by atoms with Crippen LogP contribution in [0.4, 0.5) is 8.78 Å². The first kappa shape index (κ1) is 34.1. The molecule has 51 heavy (non-hydrogen) atoms. The number of H-pyrrole nitrogens is 2. The highest BCUT2D eigenvalue weighted by Gasteiger charge is 2.26. The Morgan fingerprint density at radius 3 is 1.65 bits per heavy atom. The molecule has 6 heterocycles. The molecule has 0 bridgehead atoms. The summed E-state index contributed by atoms with van der Waals surface area (Å²) in [7, 11) is 1.54. The largest absolute Gasteiger partial charge is 0.387 e. The van der Waals surface area contributed by atoms with Crippen LogP contribution in [0.3, 0.4) is 0 Å². The van der Waals surface area contributed by atoms with Gasteiger partial charge in [0.2, 0.25) is 11.8 Å². The number of fused-ring (bicyclic) bond motifs is 2. The number of aliphatic hydroxyl groups excluding tert-OH is 1. The molecule has 3 N–H and O–H groups in total. The molecule has 4 aromatic heterocycles. The van der Waals surface area contributed by atoms with E-state index in [4.69, 9.17) is 9.84 Å². The molecule has 6 aromatic rings. The third-order valence-electron chi connectivity index (χ3n) is 9.90. The first-order valence-corrected chi connectivity index (χ1v) is 17.1. The summed E-state index contributed by atoms with van der Waals surface area (Å²) in [6.07, 6.45) is 14.8. The highest BCUT2D eigenvalue weighted by molar-refractivity contribution is 5.96. The number of hydrogen-bond acceptors (Lipinski definition) is 6. The van der Waals surface area contributed by atoms with Crippen LogP contribution in [-0.4, -0.2) is 103 Å². The van der Waals surface area contributed by atoms with Gasteiger partial charge in [-0.2, -0.15) is 10.2 Å². The van der Waals surface area contributed by atoms with Crippen molar-refractivity contribution in [3.8, 4) is 22.3 Å². The molecular formula is C37H40F2N8O4. The second kappa shape index (κ2) is 14.9. The zero-order valence-electron chi connectivity index (χ0n) is 28.3. The molecule has 2 fully saturated rings. The molecule has 2 aromatic carbocycles. The number of nitrogens with one attached hydrogen (secondary N) is 2. The Hall–Kier alpha value is -5.34. The number of halogens is 2. The van der Waals surface area contributed by atoms with Crippen LogP contribution < -0.4 is 0 Å². The van der Waals surface area contributed by atoms with Crippen LogP contribution in [0, 0.1) is 11.6 Å². The van der Waals surface area contributed by atoms with Crippen LogP contribution in [0.1, 0.15) is 37.8 Å². The number of rotatable bonds is 7. The molecule has 0 aliphatic carbocycles. The fourth-order valence-corrected chi connectivity index (χ4v) is 7.10. The molecule has 14 heteroatoms. The van der Waals surface area contributed by atoms with E-state index in [2.05, 4.69) is 20.2 Å². The molecule has 2 aliphatic rings. The maximum absolute atomic E-state index is 13.4. The van der Waals surface area contributed by atoms with Crippen LogP contribution in [0.2, 0.25) is 0 Å². The van der Waals surface area contributed by atoms with Crippen LogP contribution in [-0.2, 0) is 14.3 Å². The maximum Gasteiger partial charge on any atom is 0.248 e. The lowest BCUT2D eigenvalue weighted by molar-refractivity contribution is -0.136. The monoisotopic (exact) mass is 698 g/mol. The standard InChI is InChI=1S/C19H21FN4O2.C18H19FN4O2/c1-26-12-19(25)23-6-4-15(5-7-23)24-11-13(9-22-24)17-10-21-18-8-14(20)2-3-16(17)18;19-13-1-2-15-16(9-20-17(15)7-13)12-8-21-23(10-12)14-3-5-22(6-4-14)18(25)11-24/h2-3,8-11,15,21H,4-7,12H2,1H3;1-2,7-10,14,20,24H,3-6,11H2. The van der Waals surface area contributed by atoms with Gasteiger partial charge >= 0.3 is 0 Å². The van der Waals surface area contributed by atoms with Gasteiger partial charge in [0, 0.05) is 102 Å². The van der Waals surface area contributed by atoms with Gasteiger partial charge in [0.15, 0.2) is 0 Å². The van der Waals surface area contributed by atoms with E-state index in [1.54, 1.807) is 17.0 Å². The van der Waals surface area contributed by atoms with Crippen molar-refractivity contribution in [1.82, 2.24) is 39.3 Å². The third-order valence-corrected chi connectivity index (χ3v) is 9.90. The Morgan fingerprint density at radius 2 is 1.22 bits per heavy atom. The van der Waals surface area contributed by atoms with Crippen molar-refractivity contribution in [3.63, 3.8) is 0 Å². The molecule has 0 atom stereocenters. The summed E-state index contributed by atoms with van der Waals surface area (Å²) in [5.41, 5.74) is 5.52. The van der Waals surface area contributed by atoms with Crippen molar-refractivity contribution in [2.45, 2.75) is 37.8 Å². The Bertz CT molecular complexity index is 2140. The van der Waals surface area contributed by atoms with Crippen molar-refractivity contribution in [1.29, 1.82) is 0 Å². The summed E-state index contributed by atoms with van der Waals surface area (Å²) in [4.78, 5) is 33.2. The predicted octanol–water partition coefficient (Wildman–Crippen LogP) is 5.31. The van der Waals surface area contributed by atoms with Crippen molar-refractivity contribution in [3.05, 3.63) is 85.2 Å². The van der Waals surface area contributed by atoms with Crippen LogP contribution in [0.15, 0.2) is 73.6 Å². The summed E-state index contributed by atoms with van der Waals surface area (Å²) in [6.45, 7) is 2.40. The average molecular weight is 699 g/mol. The Balaban J connectivity index is 0.000000159. The lowest BCUT2D eigenvalue weighted by atomic mass is 10.0. The lowest BCUT2D eigenvalue weighted by Gasteiger charge is -2.32. The Morgan fingerprint density at radius 1 is 0.765 bits per heavy atom. The quantitative estimate of drug-likeness (QED) is 0.207. The van der Waals surface area contributed by atoms with Gasteiger partial charge in [-0.05, 0) is 62.1 Å². The number of methoxy groups -OCH3 is 1. The van der Waals surface area contributed by atoms with E-state index in [0.717, 1.165) is 69.7 Å². The molecular weight excluding hydrogens is 658 g/mol. The number of nitrogens with zero attached hydrogens (tertiary/aromatic N) is 6. The maximum atomic E-state index is 13.4. The smallest absolute Gasteiger partial charge is 0.248 e. The Labute approximate surface area is 292 Å². The number of likely N-dealkylation sites (tertiary alicyclic amines) is 2. The molecule has 12 nitrogen and oxygen atoms in total. The van der Waals surface area contributed by atoms with Crippen LogP contribution in [0.5, 0.6) is 0 Å². The SMILES string of the molecule is COCC(=O)N1CCC(n2cc(-c3c[nH]c4cc(F)ccc34)cn2)CC1.O=C(CO)N1CCC(n2cc(-c3c[nH]c4cc(F)ccc34)cn2)CC1. The van der Waals surface area contributed by atoms with E-state index in [1.165, 1.54) is 31.4 Å². The fraction of sp³-hybridized carbons (Fsp3) is 0.351. The van der Waals surface area contributed by atoms with Gasteiger partial charge in [-0.15, -0.1) is 0 Å². The zero-order chi connectivity index (χ0) is 35.5. The van der Waals surface area contributed by atoms with Crippen molar-refractivity contribution < 1.29 is 28.2 Å². The van der Waals surface area contributed by atoms with Crippen LogP contribution >= 0.6 is 0 Å². The minimum absolute atomic E-state index is 0.0399. The number of piperidine rings is 2. The molecule has 0 unspecified atom stereocenters. The number of hydrogen-bond donors (Lipinski definition) is 3. The van der Waals surface area contributed by atoms with Gasteiger partial charge in [-0.25, -0.2) is 8.78 Å². The van der Waals surface area contributed by atoms with E-state index in [1.807, 2.05) is 51.4 Å². The highest BCUT2D eigenvalue weighted by atomic mass is 19.1. The summed E-state index contributed by atoms with van der Waals surface area (Å²) >= 11 is 0. The van der Waals surface area contributed by atoms with Gasteiger partial charge in [0.1, 0.15) is 24.8 Å². The summed E-state index contributed by atoms with van der Waals surface area (Å²) in [6, 6.07) is 9.97. The van der Waals surface area contributed by atoms with Crippen molar-refractivity contribution >= 4 is 33.6 Å². The van der Waals surface area contributed by atoms with E-state index < -0.39 is 6.61 Å². The Kier molecular flexibility index (Phi) is 9.95. The number of benzene rings is 2. The molecule has 266 valence electrons. The normalized spacial score (nSPS) is 15.8. The zero-order valence-corrected chi connectivity index (χ0v) is 28.3. The average Bonchev–Trinajstić information content (AvgIpc) is 3.98. The second-order valence-corrected chi connectivity index (χ2v) is 13.0. The molecule has 0 radical (unpaired) electrons. The van der Waals surface area contributed by atoms with E-state index in [-0.39, 0.29) is 42.1 Å². The van der Waals surface area contributed by atoms with E-state index in [0.29, 0.717) is 26.2 Å². The molecule has 0 saturated carbocycles. The molecule has 0 spiro atoms. The lowest BCUT2D eigenvalue weighted by Crippen LogP contribution is -2.40. The van der Waals surface area contributed by atoms with Gasteiger partial charge < -0.3 is 29.6 Å². The summed E-state index contributed by atoms with van der Waals surface area (Å²) < 4.78 is 35.5. The van der Waals surface area contributed by atoms with Crippen LogP contribution in [0.25, 0.3) is 44.1 Å². The first-order valence-electron chi connectivity index (χ1n) is 17.1. The summed E-state index contributed by atoms with van der Waals surface area (Å²) in [5, 5.41) is 19.9. The van der Waals surface area contributed by atoms with Crippen molar-refractivity contribution in [2.24, 2.45) is 0 Å². The number of carbonyl (C=O) groups is 2. The molecule has 8 rings (SSSR count). The third kappa shape index (κ3) is 7.28. The minimum atomic E-state index is -0.433. The molecule has 2 aliphatic heterocycles.